The molecule has 0 aliphatic heterocycles. The maximum atomic E-state index is 12.1. The quantitative estimate of drug-likeness (QED) is 0.386. The van der Waals surface area contributed by atoms with E-state index in [1.807, 2.05) is 49.4 Å². The van der Waals surface area contributed by atoms with Gasteiger partial charge in [0.25, 0.3) is 5.89 Å². The van der Waals surface area contributed by atoms with E-state index < -0.39 is 5.97 Å². The van der Waals surface area contributed by atoms with E-state index in [1.54, 1.807) is 6.07 Å². The predicted molar refractivity (Wildman–Crippen MR) is 112 cm³/mol. The largest absolute Gasteiger partial charge is 0.478 e. The fourth-order valence-corrected chi connectivity index (χ4v) is 3.32. The van der Waals surface area contributed by atoms with Crippen LogP contribution in [-0.2, 0) is 16.1 Å². The summed E-state index contributed by atoms with van der Waals surface area (Å²) in [4.78, 5) is 16.5. The molecule has 4 aromatic rings. The molecule has 0 atom stereocenters. The van der Waals surface area contributed by atoms with Crippen molar-refractivity contribution in [2.24, 2.45) is 0 Å². The summed E-state index contributed by atoms with van der Waals surface area (Å²) in [5.41, 5.74) is 2.02. The number of aromatic nitrogens is 3. The van der Waals surface area contributed by atoms with Gasteiger partial charge in [-0.2, -0.15) is 0 Å². The van der Waals surface area contributed by atoms with Gasteiger partial charge in [0.2, 0.25) is 5.89 Å². The standard InChI is InChI=1S/C21H15Cl2N3O4/c1-12-7-8-14-15(22)9-16(23)20(19(14)24-12)29-11-18(27)28-10-17-25-26-21(30-17)13-5-3-2-4-6-13/h2-9H,10-11H2,1H3. The van der Waals surface area contributed by atoms with Gasteiger partial charge in [-0.05, 0) is 37.3 Å². The number of nitrogens with zero attached hydrogens (tertiary/aromatic N) is 3. The molecule has 0 aliphatic rings. The van der Waals surface area contributed by atoms with Gasteiger partial charge in [-0.1, -0.05) is 41.4 Å². The summed E-state index contributed by atoms with van der Waals surface area (Å²) >= 11 is 12.5. The fraction of sp³-hybridized carbons (Fsp3) is 0.143. The van der Waals surface area contributed by atoms with Crippen molar-refractivity contribution in [3.8, 4) is 17.2 Å². The van der Waals surface area contributed by atoms with E-state index in [2.05, 4.69) is 15.2 Å². The molecule has 0 saturated heterocycles. The van der Waals surface area contributed by atoms with Crippen LogP contribution in [0.25, 0.3) is 22.4 Å². The molecule has 0 unspecified atom stereocenters. The average Bonchev–Trinajstić information content (AvgIpc) is 3.21. The van der Waals surface area contributed by atoms with Crippen molar-refractivity contribution in [1.82, 2.24) is 15.2 Å². The van der Waals surface area contributed by atoms with Crippen LogP contribution in [0.4, 0.5) is 0 Å². The fourth-order valence-electron chi connectivity index (χ4n) is 2.75. The van der Waals surface area contributed by atoms with Crippen LogP contribution < -0.4 is 4.74 Å². The molecule has 152 valence electrons. The molecule has 4 rings (SSSR count). The van der Waals surface area contributed by atoms with Crippen molar-refractivity contribution in [3.05, 3.63) is 70.2 Å². The molecule has 9 heteroatoms. The van der Waals surface area contributed by atoms with Crippen molar-refractivity contribution >= 4 is 40.1 Å². The van der Waals surface area contributed by atoms with Crippen LogP contribution in [-0.4, -0.2) is 27.8 Å². The third-order valence-electron chi connectivity index (χ3n) is 4.16. The lowest BCUT2D eigenvalue weighted by Gasteiger charge is -2.11. The highest BCUT2D eigenvalue weighted by atomic mass is 35.5. The zero-order valence-electron chi connectivity index (χ0n) is 15.8. The van der Waals surface area contributed by atoms with Crippen LogP contribution in [0.1, 0.15) is 11.6 Å². The molecular weight excluding hydrogens is 429 g/mol. The van der Waals surface area contributed by atoms with Gasteiger partial charge in [-0.15, -0.1) is 10.2 Å². The van der Waals surface area contributed by atoms with Crippen LogP contribution in [0.15, 0.2) is 52.9 Å². The summed E-state index contributed by atoms with van der Waals surface area (Å²) in [6.45, 7) is 1.29. The molecule has 0 bridgehead atoms. The number of esters is 1. The molecule has 30 heavy (non-hydrogen) atoms. The Kier molecular flexibility index (Phi) is 5.83. The average molecular weight is 444 g/mol. The molecule has 2 aromatic carbocycles. The van der Waals surface area contributed by atoms with Crippen LogP contribution in [0.5, 0.6) is 5.75 Å². The zero-order valence-corrected chi connectivity index (χ0v) is 17.3. The molecule has 0 N–H and O–H groups in total. The number of pyridine rings is 1. The van der Waals surface area contributed by atoms with Crippen LogP contribution in [0, 0.1) is 6.92 Å². The summed E-state index contributed by atoms with van der Waals surface area (Å²) in [5, 5.41) is 9.19. The normalized spacial score (nSPS) is 10.9. The maximum absolute atomic E-state index is 12.1. The Labute approximate surface area is 181 Å². The van der Waals surface area contributed by atoms with Gasteiger partial charge in [0.15, 0.2) is 19.0 Å². The first-order valence-corrected chi connectivity index (χ1v) is 9.68. The second-order valence-corrected chi connectivity index (χ2v) is 7.15. The number of carbonyl (C=O) groups excluding carboxylic acids is 1. The van der Waals surface area contributed by atoms with Gasteiger partial charge in [0, 0.05) is 16.6 Å². The Morgan fingerprint density at radius 1 is 1.07 bits per heavy atom. The van der Waals surface area contributed by atoms with E-state index in [0.29, 0.717) is 21.8 Å². The van der Waals surface area contributed by atoms with E-state index in [-0.39, 0.29) is 29.9 Å². The number of aryl methyl sites for hydroxylation is 1. The first-order chi connectivity index (χ1) is 14.5. The monoisotopic (exact) mass is 443 g/mol. The molecule has 0 fully saturated rings. The molecule has 2 heterocycles. The number of fused-ring (bicyclic) bond motifs is 1. The third-order valence-corrected chi connectivity index (χ3v) is 4.75. The van der Waals surface area contributed by atoms with Gasteiger partial charge < -0.3 is 13.9 Å². The molecule has 0 saturated carbocycles. The van der Waals surface area contributed by atoms with Gasteiger partial charge in [-0.3, -0.25) is 0 Å². The van der Waals surface area contributed by atoms with Gasteiger partial charge >= 0.3 is 5.97 Å². The first-order valence-electron chi connectivity index (χ1n) is 8.93. The number of benzene rings is 2. The summed E-state index contributed by atoms with van der Waals surface area (Å²) in [5.74, 6) is 0.162. The summed E-state index contributed by atoms with van der Waals surface area (Å²) in [6.07, 6.45) is 0. The van der Waals surface area contributed by atoms with E-state index >= 15 is 0 Å². The minimum atomic E-state index is -0.624. The van der Waals surface area contributed by atoms with Crippen molar-refractivity contribution in [1.29, 1.82) is 0 Å². The number of ether oxygens (including phenoxy) is 2. The van der Waals surface area contributed by atoms with E-state index in [9.17, 15) is 4.79 Å². The number of halogens is 2. The molecule has 0 radical (unpaired) electrons. The number of hydrogen-bond acceptors (Lipinski definition) is 7. The highest BCUT2D eigenvalue weighted by Gasteiger charge is 2.16. The van der Waals surface area contributed by atoms with E-state index in [1.165, 1.54) is 0 Å². The van der Waals surface area contributed by atoms with Crippen LogP contribution in [0.3, 0.4) is 0 Å². The van der Waals surface area contributed by atoms with Gasteiger partial charge in [0.05, 0.1) is 10.0 Å². The Hall–Kier alpha value is -3.16. The van der Waals surface area contributed by atoms with Crippen molar-refractivity contribution in [2.45, 2.75) is 13.5 Å². The van der Waals surface area contributed by atoms with Gasteiger partial charge in [0.1, 0.15) is 5.52 Å². The highest BCUT2D eigenvalue weighted by Crippen LogP contribution is 2.37. The Morgan fingerprint density at radius 3 is 2.67 bits per heavy atom. The minimum Gasteiger partial charge on any atom is -0.478 e. The molecule has 0 amide bonds. The highest BCUT2D eigenvalue weighted by molar-refractivity contribution is 6.39. The Balaban J connectivity index is 1.40. The smallest absolute Gasteiger partial charge is 0.344 e. The lowest BCUT2D eigenvalue weighted by Crippen LogP contribution is -2.15. The lowest BCUT2D eigenvalue weighted by atomic mass is 10.2. The predicted octanol–water partition coefficient (Wildman–Crippen LogP) is 5.02. The Bertz CT molecular complexity index is 1210. The second-order valence-electron chi connectivity index (χ2n) is 6.33. The molecule has 0 spiro atoms. The number of rotatable bonds is 6. The Morgan fingerprint density at radius 2 is 1.87 bits per heavy atom. The molecule has 0 aliphatic carbocycles. The molecular formula is C21H15Cl2N3O4. The van der Waals surface area contributed by atoms with Crippen molar-refractivity contribution in [3.63, 3.8) is 0 Å². The second kappa shape index (κ2) is 8.69. The SMILES string of the molecule is Cc1ccc2c(Cl)cc(Cl)c(OCC(=O)OCc3nnc(-c4ccccc4)o3)c2n1. The number of hydrogen-bond donors (Lipinski definition) is 0. The molecule has 2 aromatic heterocycles. The van der Waals surface area contributed by atoms with Crippen molar-refractivity contribution < 1.29 is 18.7 Å². The topological polar surface area (TPSA) is 87.3 Å². The van der Waals surface area contributed by atoms with Crippen LogP contribution >= 0.6 is 23.2 Å². The summed E-state index contributed by atoms with van der Waals surface area (Å²) in [6, 6.07) is 14.5. The van der Waals surface area contributed by atoms with Crippen LogP contribution in [0.2, 0.25) is 10.0 Å². The van der Waals surface area contributed by atoms with E-state index in [4.69, 9.17) is 37.1 Å². The summed E-state index contributed by atoms with van der Waals surface area (Å²) in [7, 11) is 0. The first kappa shape index (κ1) is 20.1. The summed E-state index contributed by atoms with van der Waals surface area (Å²) < 4.78 is 16.2. The minimum absolute atomic E-state index is 0.172. The van der Waals surface area contributed by atoms with E-state index in [0.717, 1.165) is 11.3 Å². The lowest BCUT2D eigenvalue weighted by molar-refractivity contribution is -0.148. The van der Waals surface area contributed by atoms with Gasteiger partial charge in [-0.25, -0.2) is 9.78 Å². The van der Waals surface area contributed by atoms with Crippen molar-refractivity contribution in [2.75, 3.05) is 6.61 Å². The zero-order chi connectivity index (χ0) is 21.1. The maximum Gasteiger partial charge on any atom is 0.344 e. The third kappa shape index (κ3) is 4.37. The number of carbonyl (C=O) groups is 1. The molecule has 7 nitrogen and oxygen atoms in total.